The number of benzene rings is 2. The molecule has 1 aliphatic heterocycles. The highest BCUT2D eigenvalue weighted by molar-refractivity contribution is 8.13. The Kier molecular flexibility index (Phi) is 4.30. The second kappa shape index (κ2) is 6.35. The second-order valence-electron chi connectivity index (χ2n) is 5.15. The normalized spacial score (nSPS) is 17.6. The molecule has 2 aromatic rings. The Morgan fingerprint density at radius 1 is 1.14 bits per heavy atom. The molecule has 0 N–H and O–H groups in total. The Labute approximate surface area is 130 Å². The van der Waals surface area contributed by atoms with Crippen LogP contribution in [0.1, 0.15) is 23.5 Å². The number of rotatable bonds is 2. The first-order chi connectivity index (χ1) is 10.3. The molecule has 0 saturated heterocycles. The summed E-state index contributed by atoms with van der Waals surface area (Å²) >= 11 is 1.75. The minimum absolute atomic E-state index is 0.389. The highest BCUT2D eigenvalue weighted by atomic mass is 32.2. The van der Waals surface area contributed by atoms with E-state index < -0.39 is 0 Å². The zero-order chi connectivity index (χ0) is 14.7. The van der Waals surface area contributed by atoms with E-state index in [1.165, 1.54) is 16.2 Å². The second-order valence-corrected chi connectivity index (χ2v) is 5.98. The minimum Gasteiger partial charge on any atom is -0.497 e. The fourth-order valence-corrected chi connectivity index (χ4v) is 3.53. The third kappa shape index (κ3) is 2.98. The zero-order valence-corrected chi connectivity index (χ0v) is 13.2. The van der Waals surface area contributed by atoms with Crippen LogP contribution in [0.2, 0.25) is 0 Å². The maximum atomic E-state index is 5.33. The van der Waals surface area contributed by atoms with Crippen LogP contribution in [0.3, 0.4) is 0 Å². The molecule has 0 amide bonds. The molecule has 0 aliphatic carbocycles. The summed E-state index contributed by atoms with van der Waals surface area (Å²) in [5, 5.41) is 1.20. The smallest absolute Gasteiger partial charge is 0.119 e. The molecule has 2 nitrogen and oxygen atoms in total. The standard InChI is InChI=1S/C18H19NOS/c1-20-15-9-11-17-14(12-15)8-10-16(18(19-17)21-2)13-6-4-3-5-7-13/h3-7,9,11-12,16H,8,10H2,1-2H3/t16-/m0/s1. The predicted octanol–water partition coefficient (Wildman–Crippen LogP) is 4.82. The van der Waals surface area contributed by atoms with Crippen LogP contribution in [-0.4, -0.2) is 18.4 Å². The average Bonchev–Trinajstić information content (AvgIpc) is 2.74. The van der Waals surface area contributed by atoms with E-state index in [0.717, 1.165) is 24.3 Å². The van der Waals surface area contributed by atoms with Crippen molar-refractivity contribution in [3.05, 3.63) is 59.7 Å². The van der Waals surface area contributed by atoms with Crippen molar-refractivity contribution in [2.45, 2.75) is 18.8 Å². The molecule has 1 atom stereocenters. The summed E-state index contributed by atoms with van der Waals surface area (Å²) in [6.07, 6.45) is 4.23. The Balaban J connectivity index is 1.99. The molecule has 3 rings (SSSR count). The Bertz CT molecular complexity index is 652. The van der Waals surface area contributed by atoms with E-state index in [0.29, 0.717) is 5.92 Å². The van der Waals surface area contributed by atoms with Gasteiger partial charge in [0.1, 0.15) is 5.75 Å². The summed E-state index contributed by atoms with van der Waals surface area (Å²) in [5.74, 6) is 1.30. The van der Waals surface area contributed by atoms with Gasteiger partial charge in [0, 0.05) is 5.92 Å². The summed E-state index contributed by atoms with van der Waals surface area (Å²) in [5.41, 5.74) is 3.71. The molecular weight excluding hydrogens is 278 g/mol. The van der Waals surface area contributed by atoms with Crippen LogP contribution in [0, 0.1) is 0 Å². The highest BCUT2D eigenvalue weighted by Gasteiger charge is 2.22. The molecule has 0 unspecified atom stereocenters. The number of hydrogen-bond acceptors (Lipinski definition) is 3. The van der Waals surface area contributed by atoms with Crippen LogP contribution in [0.15, 0.2) is 53.5 Å². The van der Waals surface area contributed by atoms with E-state index in [1.807, 2.05) is 6.07 Å². The first kappa shape index (κ1) is 14.2. The summed E-state index contributed by atoms with van der Waals surface area (Å²) in [4.78, 5) is 4.91. The lowest BCUT2D eigenvalue weighted by Crippen LogP contribution is -2.08. The lowest BCUT2D eigenvalue weighted by molar-refractivity contribution is 0.414. The number of fused-ring (bicyclic) bond motifs is 1. The Morgan fingerprint density at radius 3 is 2.67 bits per heavy atom. The molecule has 1 heterocycles. The van der Waals surface area contributed by atoms with E-state index in [-0.39, 0.29) is 0 Å². The Morgan fingerprint density at radius 2 is 1.95 bits per heavy atom. The zero-order valence-electron chi connectivity index (χ0n) is 12.4. The van der Waals surface area contributed by atoms with Crippen molar-refractivity contribution in [1.29, 1.82) is 0 Å². The Hall–Kier alpha value is -1.74. The molecule has 2 aromatic carbocycles. The summed E-state index contributed by atoms with van der Waals surface area (Å²) in [6.45, 7) is 0. The molecule has 0 saturated carbocycles. The SMILES string of the molecule is COc1ccc2c(c1)CC[C@@H](c1ccccc1)C(SC)=N2. The van der Waals surface area contributed by atoms with Crippen molar-refractivity contribution < 1.29 is 4.74 Å². The van der Waals surface area contributed by atoms with E-state index in [2.05, 4.69) is 48.7 Å². The van der Waals surface area contributed by atoms with Gasteiger partial charge in [-0.1, -0.05) is 30.3 Å². The first-order valence-corrected chi connectivity index (χ1v) is 8.38. The van der Waals surface area contributed by atoms with Crippen LogP contribution in [0.25, 0.3) is 0 Å². The minimum atomic E-state index is 0.389. The van der Waals surface area contributed by atoms with Gasteiger partial charge in [-0.05, 0) is 48.4 Å². The molecule has 3 heteroatoms. The number of aliphatic imine (C=N–C) groups is 1. The fraction of sp³-hybridized carbons (Fsp3) is 0.278. The van der Waals surface area contributed by atoms with Crippen molar-refractivity contribution in [2.24, 2.45) is 4.99 Å². The molecule has 0 aromatic heterocycles. The maximum absolute atomic E-state index is 5.33. The van der Waals surface area contributed by atoms with Crippen LogP contribution in [-0.2, 0) is 6.42 Å². The van der Waals surface area contributed by atoms with Gasteiger partial charge in [-0.25, -0.2) is 4.99 Å². The van der Waals surface area contributed by atoms with Gasteiger partial charge in [0.25, 0.3) is 0 Å². The number of hydrogen-bond donors (Lipinski definition) is 0. The van der Waals surface area contributed by atoms with Gasteiger partial charge in [0.2, 0.25) is 0 Å². The number of nitrogens with zero attached hydrogens (tertiary/aromatic N) is 1. The van der Waals surface area contributed by atoms with E-state index in [9.17, 15) is 0 Å². The lowest BCUT2D eigenvalue weighted by Gasteiger charge is -2.16. The van der Waals surface area contributed by atoms with Gasteiger partial charge in [0.05, 0.1) is 17.8 Å². The molecule has 21 heavy (non-hydrogen) atoms. The van der Waals surface area contributed by atoms with Crippen LogP contribution >= 0.6 is 11.8 Å². The summed E-state index contributed by atoms with van der Waals surface area (Å²) in [7, 11) is 1.71. The van der Waals surface area contributed by atoms with Crippen molar-refractivity contribution in [1.82, 2.24) is 0 Å². The first-order valence-electron chi connectivity index (χ1n) is 7.16. The van der Waals surface area contributed by atoms with Crippen LogP contribution in [0.4, 0.5) is 5.69 Å². The third-order valence-electron chi connectivity index (χ3n) is 3.93. The van der Waals surface area contributed by atoms with Crippen LogP contribution in [0.5, 0.6) is 5.75 Å². The molecule has 108 valence electrons. The van der Waals surface area contributed by atoms with Gasteiger partial charge in [0.15, 0.2) is 0 Å². The van der Waals surface area contributed by atoms with Crippen molar-refractivity contribution in [3.8, 4) is 5.75 Å². The van der Waals surface area contributed by atoms with Gasteiger partial charge in [-0.3, -0.25) is 0 Å². The fourth-order valence-electron chi connectivity index (χ4n) is 2.80. The molecule has 0 fully saturated rings. The number of aryl methyl sites for hydroxylation is 1. The monoisotopic (exact) mass is 297 g/mol. The van der Waals surface area contributed by atoms with Crippen molar-refractivity contribution in [3.63, 3.8) is 0 Å². The van der Waals surface area contributed by atoms with Crippen LogP contribution < -0.4 is 4.74 Å². The number of thioether (sulfide) groups is 1. The predicted molar refractivity (Wildman–Crippen MR) is 91.1 cm³/mol. The highest BCUT2D eigenvalue weighted by Crippen LogP contribution is 2.36. The molecule has 0 radical (unpaired) electrons. The molecule has 0 spiro atoms. The van der Waals surface area contributed by atoms with Gasteiger partial charge < -0.3 is 4.74 Å². The molecule has 1 aliphatic rings. The number of methoxy groups -OCH3 is 1. The summed E-state index contributed by atoms with van der Waals surface area (Å²) in [6, 6.07) is 16.9. The summed E-state index contributed by atoms with van der Waals surface area (Å²) < 4.78 is 5.33. The third-order valence-corrected chi connectivity index (χ3v) is 4.72. The van der Waals surface area contributed by atoms with E-state index >= 15 is 0 Å². The topological polar surface area (TPSA) is 21.6 Å². The average molecular weight is 297 g/mol. The molecule has 0 bridgehead atoms. The van der Waals surface area contributed by atoms with Gasteiger partial charge in [-0.2, -0.15) is 0 Å². The van der Waals surface area contributed by atoms with E-state index in [1.54, 1.807) is 18.9 Å². The maximum Gasteiger partial charge on any atom is 0.119 e. The number of ether oxygens (including phenoxy) is 1. The van der Waals surface area contributed by atoms with E-state index in [4.69, 9.17) is 9.73 Å². The lowest BCUT2D eigenvalue weighted by atomic mass is 9.94. The van der Waals surface area contributed by atoms with Crippen molar-refractivity contribution >= 4 is 22.5 Å². The largest absolute Gasteiger partial charge is 0.497 e. The quantitative estimate of drug-likeness (QED) is 0.792. The molecular formula is C18H19NOS. The van der Waals surface area contributed by atoms with Crippen molar-refractivity contribution in [2.75, 3.05) is 13.4 Å². The van der Waals surface area contributed by atoms with Gasteiger partial charge in [-0.15, -0.1) is 11.8 Å². The van der Waals surface area contributed by atoms with Gasteiger partial charge >= 0.3 is 0 Å².